The number of aromatic nitrogens is 1. The number of aryl methyl sites for hydroxylation is 2. The van der Waals surface area contributed by atoms with Gasteiger partial charge in [-0.25, -0.2) is 0 Å². The van der Waals surface area contributed by atoms with Gasteiger partial charge in [0.1, 0.15) is 5.76 Å². The summed E-state index contributed by atoms with van der Waals surface area (Å²) >= 11 is 0. The van der Waals surface area contributed by atoms with Crippen LogP contribution in [0.3, 0.4) is 0 Å². The van der Waals surface area contributed by atoms with Crippen molar-refractivity contribution in [3.8, 4) is 0 Å². The molecule has 2 heterocycles. The molecule has 0 saturated carbocycles. The van der Waals surface area contributed by atoms with Gasteiger partial charge in [-0.05, 0) is 37.1 Å². The Labute approximate surface area is 101 Å². The number of furan rings is 1. The molecule has 4 nitrogen and oxygen atoms in total. The maximum Gasteiger partial charge on any atom is 0.103 e. The van der Waals surface area contributed by atoms with Gasteiger partial charge in [-0.15, -0.1) is 0 Å². The van der Waals surface area contributed by atoms with Crippen molar-refractivity contribution >= 4 is 0 Å². The van der Waals surface area contributed by atoms with Gasteiger partial charge in [0, 0.05) is 24.4 Å². The predicted molar refractivity (Wildman–Crippen MR) is 66.1 cm³/mol. The smallest absolute Gasteiger partial charge is 0.103 e. The fourth-order valence-corrected chi connectivity index (χ4v) is 1.77. The Bertz CT molecular complexity index is 436. The van der Waals surface area contributed by atoms with Crippen molar-refractivity contribution in [2.75, 3.05) is 0 Å². The van der Waals surface area contributed by atoms with E-state index in [0.717, 1.165) is 29.9 Å². The molecule has 0 amide bonds. The van der Waals surface area contributed by atoms with E-state index in [1.54, 1.807) is 6.26 Å². The van der Waals surface area contributed by atoms with Gasteiger partial charge in [0.25, 0.3) is 0 Å². The van der Waals surface area contributed by atoms with E-state index in [2.05, 4.69) is 16.5 Å². The summed E-state index contributed by atoms with van der Waals surface area (Å²) in [5, 5.41) is 0. The van der Waals surface area contributed by atoms with E-state index in [0.29, 0.717) is 0 Å². The third kappa shape index (κ3) is 3.15. The van der Waals surface area contributed by atoms with Crippen LogP contribution in [0.5, 0.6) is 0 Å². The molecule has 90 valence electrons. The van der Waals surface area contributed by atoms with Crippen molar-refractivity contribution in [3.63, 3.8) is 0 Å². The van der Waals surface area contributed by atoms with Crippen LogP contribution < -0.4 is 11.3 Å². The van der Waals surface area contributed by atoms with Crippen molar-refractivity contribution in [1.29, 1.82) is 0 Å². The fourth-order valence-electron chi connectivity index (χ4n) is 1.77. The Morgan fingerprint density at radius 3 is 2.88 bits per heavy atom. The Kier molecular flexibility index (Phi) is 3.90. The van der Waals surface area contributed by atoms with Crippen LogP contribution in [0, 0.1) is 6.92 Å². The minimum absolute atomic E-state index is 0.105. The zero-order chi connectivity index (χ0) is 12.1. The lowest BCUT2D eigenvalue weighted by Gasteiger charge is -2.15. The molecule has 0 bridgehead atoms. The van der Waals surface area contributed by atoms with E-state index in [1.165, 1.54) is 0 Å². The number of nitrogens with two attached hydrogens (primary N) is 1. The maximum atomic E-state index is 5.57. The van der Waals surface area contributed by atoms with Gasteiger partial charge in [-0.1, -0.05) is 6.07 Å². The molecular weight excluding hydrogens is 214 g/mol. The standard InChI is InChI=1S/C13H17N3O/c1-10-4-5-11(9-15-10)13(16-14)7-6-12-3-2-8-17-12/h2-5,8-9,13,16H,6-7,14H2,1H3. The normalized spacial score (nSPS) is 12.6. The Morgan fingerprint density at radius 2 is 2.29 bits per heavy atom. The van der Waals surface area contributed by atoms with E-state index in [9.17, 15) is 0 Å². The molecule has 2 aromatic heterocycles. The molecule has 1 atom stereocenters. The summed E-state index contributed by atoms with van der Waals surface area (Å²) in [5.41, 5.74) is 4.93. The third-order valence-electron chi connectivity index (χ3n) is 2.80. The number of hydrogen-bond acceptors (Lipinski definition) is 4. The van der Waals surface area contributed by atoms with E-state index in [1.807, 2.05) is 31.3 Å². The van der Waals surface area contributed by atoms with Gasteiger partial charge in [-0.2, -0.15) is 0 Å². The van der Waals surface area contributed by atoms with Crippen molar-refractivity contribution < 1.29 is 4.42 Å². The lowest BCUT2D eigenvalue weighted by atomic mass is 10.0. The molecule has 0 saturated heterocycles. The SMILES string of the molecule is Cc1ccc(C(CCc2ccco2)NN)cn1. The molecule has 17 heavy (non-hydrogen) atoms. The molecule has 0 radical (unpaired) electrons. The first kappa shape index (κ1) is 11.8. The summed E-state index contributed by atoms with van der Waals surface area (Å²) in [7, 11) is 0. The van der Waals surface area contributed by atoms with Gasteiger partial charge >= 0.3 is 0 Å². The maximum absolute atomic E-state index is 5.57. The summed E-state index contributed by atoms with van der Waals surface area (Å²) in [6.45, 7) is 1.97. The van der Waals surface area contributed by atoms with Gasteiger partial charge < -0.3 is 4.42 Å². The van der Waals surface area contributed by atoms with Gasteiger partial charge in [0.05, 0.1) is 6.26 Å². The Morgan fingerprint density at radius 1 is 1.41 bits per heavy atom. The number of hydrazine groups is 1. The molecule has 0 aliphatic rings. The van der Waals surface area contributed by atoms with Crippen LogP contribution in [0.15, 0.2) is 41.1 Å². The van der Waals surface area contributed by atoms with E-state index < -0.39 is 0 Å². The number of nitrogens with one attached hydrogen (secondary N) is 1. The zero-order valence-electron chi connectivity index (χ0n) is 9.89. The molecule has 3 N–H and O–H groups in total. The molecular formula is C13H17N3O. The van der Waals surface area contributed by atoms with E-state index in [4.69, 9.17) is 10.3 Å². The molecule has 2 rings (SSSR count). The first-order chi connectivity index (χ1) is 8.29. The van der Waals surface area contributed by atoms with Crippen LogP contribution in [0.2, 0.25) is 0 Å². The van der Waals surface area contributed by atoms with Crippen molar-refractivity contribution in [1.82, 2.24) is 10.4 Å². The minimum Gasteiger partial charge on any atom is -0.469 e. The molecule has 1 unspecified atom stereocenters. The first-order valence-corrected chi connectivity index (χ1v) is 5.70. The minimum atomic E-state index is 0.105. The fraction of sp³-hybridized carbons (Fsp3) is 0.308. The monoisotopic (exact) mass is 231 g/mol. The zero-order valence-corrected chi connectivity index (χ0v) is 9.89. The molecule has 4 heteroatoms. The average molecular weight is 231 g/mol. The highest BCUT2D eigenvalue weighted by molar-refractivity contribution is 5.17. The second-order valence-electron chi connectivity index (χ2n) is 4.07. The largest absolute Gasteiger partial charge is 0.469 e. The van der Waals surface area contributed by atoms with Crippen molar-refractivity contribution in [2.24, 2.45) is 5.84 Å². The molecule has 0 aliphatic carbocycles. The highest BCUT2D eigenvalue weighted by Gasteiger charge is 2.10. The van der Waals surface area contributed by atoms with Gasteiger partial charge in [0.15, 0.2) is 0 Å². The third-order valence-corrected chi connectivity index (χ3v) is 2.80. The van der Waals surface area contributed by atoms with E-state index >= 15 is 0 Å². The van der Waals surface area contributed by atoms with Gasteiger partial charge in [-0.3, -0.25) is 16.3 Å². The summed E-state index contributed by atoms with van der Waals surface area (Å²) in [6.07, 6.45) is 5.29. The molecule has 0 aromatic carbocycles. The second-order valence-corrected chi connectivity index (χ2v) is 4.07. The Balaban J connectivity index is 1.99. The van der Waals surface area contributed by atoms with Crippen LogP contribution in [-0.4, -0.2) is 4.98 Å². The summed E-state index contributed by atoms with van der Waals surface area (Å²) in [5.74, 6) is 6.55. The lowest BCUT2D eigenvalue weighted by Crippen LogP contribution is -2.28. The number of pyridine rings is 1. The highest BCUT2D eigenvalue weighted by atomic mass is 16.3. The van der Waals surface area contributed by atoms with Crippen LogP contribution in [0.4, 0.5) is 0 Å². The molecule has 2 aromatic rings. The topological polar surface area (TPSA) is 64.1 Å². The summed E-state index contributed by atoms with van der Waals surface area (Å²) < 4.78 is 5.30. The molecule has 0 fully saturated rings. The summed E-state index contributed by atoms with van der Waals surface area (Å²) in [4.78, 5) is 4.27. The summed E-state index contributed by atoms with van der Waals surface area (Å²) in [6, 6.07) is 8.02. The molecule has 0 spiro atoms. The second kappa shape index (κ2) is 5.61. The van der Waals surface area contributed by atoms with Crippen LogP contribution in [-0.2, 0) is 6.42 Å². The van der Waals surface area contributed by atoms with Crippen LogP contribution >= 0.6 is 0 Å². The quantitative estimate of drug-likeness (QED) is 0.611. The number of rotatable bonds is 5. The van der Waals surface area contributed by atoms with Gasteiger partial charge in [0.2, 0.25) is 0 Å². The number of nitrogens with zero attached hydrogens (tertiary/aromatic N) is 1. The number of hydrogen-bond donors (Lipinski definition) is 2. The first-order valence-electron chi connectivity index (χ1n) is 5.70. The van der Waals surface area contributed by atoms with Crippen molar-refractivity contribution in [2.45, 2.75) is 25.8 Å². The van der Waals surface area contributed by atoms with E-state index in [-0.39, 0.29) is 6.04 Å². The van der Waals surface area contributed by atoms with Crippen LogP contribution in [0.1, 0.15) is 29.5 Å². The van der Waals surface area contributed by atoms with Crippen LogP contribution in [0.25, 0.3) is 0 Å². The average Bonchev–Trinajstić information content (AvgIpc) is 2.85. The highest BCUT2D eigenvalue weighted by Crippen LogP contribution is 2.18. The molecule has 0 aliphatic heterocycles. The van der Waals surface area contributed by atoms with Crippen molar-refractivity contribution in [3.05, 3.63) is 53.7 Å². The Hall–Kier alpha value is -1.65. The predicted octanol–water partition coefficient (Wildman–Crippen LogP) is 2.12. The lowest BCUT2D eigenvalue weighted by molar-refractivity contribution is 0.458.